The highest BCUT2D eigenvalue weighted by Crippen LogP contribution is 2.23. The first-order valence-electron chi connectivity index (χ1n) is 7.57. The quantitative estimate of drug-likeness (QED) is 0.258. The minimum absolute atomic E-state index is 0.00542. The van der Waals surface area contributed by atoms with E-state index in [-0.39, 0.29) is 5.96 Å². The summed E-state index contributed by atoms with van der Waals surface area (Å²) >= 11 is 0. The molecule has 1 rings (SSSR count). The van der Waals surface area contributed by atoms with Crippen LogP contribution in [-0.2, 0) is 11.2 Å². The van der Waals surface area contributed by atoms with Crippen molar-refractivity contribution >= 4 is 18.1 Å². The zero-order valence-electron chi connectivity index (χ0n) is 13.8. The van der Waals surface area contributed by atoms with Gasteiger partial charge in [0.25, 0.3) is 0 Å². The maximum atomic E-state index is 11.3. The summed E-state index contributed by atoms with van der Waals surface area (Å²) in [4.78, 5) is 19.3. The summed E-state index contributed by atoms with van der Waals surface area (Å²) in [7, 11) is 1.57. The van der Waals surface area contributed by atoms with E-state index < -0.39 is 12.0 Å². The third kappa shape index (κ3) is 6.12. The van der Waals surface area contributed by atoms with Gasteiger partial charge in [0.15, 0.2) is 5.96 Å². The monoisotopic (exact) mass is 332 g/mol. The predicted molar refractivity (Wildman–Crippen MR) is 95.8 cm³/mol. The lowest BCUT2D eigenvalue weighted by molar-refractivity contribution is -0.138. The summed E-state index contributed by atoms with van der Waals surface area (Å²) in [6.45, 7) is 4.09. The fourth-order valence-corrected chi connectivity index (χ4v) is 2.20. The molecule has 0 amide bonds. The molecule has 0 radical (unpaired) electrons. The molecular weight excluding hydrogens is 308 g/mol. The minimum atomic E-state index is -0.989. The molecule has 0 heterocycles. The number of rotatable bonds is 10. The lowest BCUT2D eigenvalue weighted by Gasteiger charge is -2.11. The van der Waals surface area contributed by atoms with E-state index in [9.17, 15) is 9.90 Å². The summed E-state index contributed by atoms with van der Waals surface area (Å²) in [6, 6.07) is 4.78. The molecule has 0 fully saturated rings. The number of hydrogen-bond acceptors (Lipinski definition) is 4. The molecule has 1 unspecified atom stereocenters. The number of aliphatic imine (C=N–C) groups is 2. The Hall–Kier alpha value is -2.83. The molecule has 24 heavy (non-hydrogen) atoms. The second-order valence-electron chi connectivity index (χ2n) is 5.11. The van der Waals surface area contributed by atoms with E-state index in [1.165, 1.54) is 6.21 Å². The van der Waals surface area contributed by atoms with Crippen molar-refractivity contribution in [1.29, 1.82) is 0 Å². The summed E-state index contributed by atoms with van der Waals surface area (Å²) in [5.41, 5.74) is 12.2. The molecule has 7 nitrogen and oxygen atoms in total. The first kappa shape index (κ1) is 19.2. The SMILES string of the molecule is C=CCc1cccc(C=NC(CCCN=C(N)N)C(=O)O)c1OC. The van der Waals surface area contributed by atoms with Crippen LogP contribution in [-0.4, -0.2) is 42.9 Å². The predicted octanol–water partition coefficient (Wildman–Crippen LogP) is 1.35. The first-order valence-corrected chi connectivity index (χ1v) is 7.57. The van der Waals surface area contributed by atoms with E-state index in [0.717, 1.165) is 11.1 Å². The number of benzene rings is 1. The topological polar surface area (TPSA) is 123 Å². The van der Waals surface area contributed by atoms with Crippen LogP contribution in [0.1, 0.15) is 24.0 Å². The number of methoxy groups -OCH3 is 1. The number of carboxylic acids is 1. The Morgan fingerprint density at radius 1 is 1.46 bits per heavy atom. The van der Waals surface area contributed by atoms with E-state index in [1.54, 1.807) is 13.2 Å². The third-order valence-electron chi connectivity index (χ3n) is 3.30. The fraction of sp³-hybridized carbons (Fsp3) is 0.353. The second-order valence-corrected chi connectivity index (χ2v) is 5.11. The van der Waals surface area contributed by atoms with Gasteiger partial charge in [0.1, 0.15) is 11.8 Å². The maximum Gasteiger partial charge on any atom is 0.328 e. The van der Waals surface area contributed by atoms with Crippen molar-refractivity contribution in [1.82, 2.24) is 0 Å². The number of ether oxygens (including phenoxy) is 1. The Balaban J connectivity index is 2.86. The highest BCUT2D eigenvalue weighted by Gasteiger charge is 2.15. The van der Waals surface area contributed by atoms with Gasteiger partial charge in [0, 0.05) is 18.3 Å². The maximum absolute atomic E-state index is 11.3. The fourth-order valence-electron chi connectivity index (χ4n) is 2.20. The van der Waals surface area contributed by atoms with Gasteiger partial charge in [0.05, 0.1) is 7.11 Å². The number of nitrogens with two attached hydrogens (primary N) is 2. The molecular formula is C17H24N4O3. The van der Waals surface area contributed by atoms with Crippen LogP contribution in [0.4, 0.5) is 0 Å². The number of carboxylic acid groups (broad SMARTS) is 1. The molecule has 0 aliphatic rings. The van der Waals surface area contributed by atoms with E-state index >= 15 is 0 Å². The second kappa shape index (κ2) is 10.0. The van der Waals surface area contributed by atoms with Crippen molar-refractivity contribution in [3.8, 4) is 5.75 Å². The van der Waals surface area contributed by atoms with Gasteiger partial charge < -0.3 is 21.3 Å². The summed E-state index contributed by atoms with van der Waals surface area (Å²) in [6.07, 6.45) is 4.84. The van der Waals surface area contributed by atoms with Gasteiger partial charge >= 0.3 is 5.97 Å². The van der Waals surface area contributed by atoms with Crippen LogP contribution in [0, 0.1) is 0 Å². The number of hydrogen-bond donors (Lipinski definition) is 3. The van der Waals surface area contributed by atoms with Gasteiger partial charge in [-0.15, -0.1) is 6.58 Å². The number of aliphatic carboxylic acids is 1. The van der Waals surface area contributed by atoms with Gasteiger partial charge in [-0.2, -0.15) is 0 Å². The van der Waals surface area contributed by atoms with Crippen LogP contribution in [0.5, 0.6) is 5.75 Å². The smallest absolute Gasteiger partial charge is 0.328 e. The van der Waals surface area contributed by atoms with E-state index in [0.29, 0.717) is 31.6 Å². The molecule has 1 aromatic carbocycles. The molecule has 5 N–H and O–H groups in total. The molecule has 0 bridgehead atoms. The van der Waals surface area contributed by atoms with Crippen molar-refractivity contribution in [3.63, 3.8) is 0 Å². The standard InChI is InChI=1S/C17H24N4O3/c1-3-6-12-7-4-8-13(15(12)24-2)11-21-14(16(22)23)9-5-10-20-17(18)19/h3-4,7-8,11,14H,1,5-6,9-10H2,2H3,(H,22,23)(H4,18,19,20). The lowest BCUT2D eigenvalue weighted by Crippen LogP contribution is -2.23. The largest absolute Gasteiger partial charge is 0.496 e. The molecule has 0 aromatic heterocycles. The average molecular weight is 332 g/mol. The number of carbonyl (C=O) groups is 1. The molecule has 0 saturated carbocycles. The summed E-state index contributed by atoms with van der Waals surface area (Å²) in [5.74, 6) is -0.322. The van der Waals surface area contributed by atoms with Crippen LogP contribution >= 0.6 is 0 Å². The molecule has 1 atom stereocenters. The summed E-state index contributed by atoms with van der Waals surface area (Å²) in [5, 5.41) is 9.28. The number of guanidine groups is 1. The number of nitrogens with zero attached hydrogens (tertiary/aromatic N) is 2. The van der Waals surface area contributed by atoms with E-state index in [4.69, 9.17) is 16.2 Å². The van der Waals surface area contributed by atoms with E-state index in [2.05, 4.69) is 16.6 Å². The van der Waals surface area contributed by atoms with Gasteiger partial charge in [-0.1, -0.05) is 18.2 Å². The van der Waals surface area contributed by atoms with Crippen LogP contribution in [0.15, 0.2) is 40.8 Å². The van der Waals surface area contributed by atoms with Crippen molar-refractivity contribution in [2.24, 2.45) is 21.5 Å². The third-order valence-corrected chi connectivity index (χ3v) is 3.30. The van der Waals surface area contributed by atoms with Gasteiger partial charge in [0.2, 0.25) is 0 Å². The highest BCUT2D eigenvalue weighted by atomic mass is 16.5. The van der Waals surface area contributed by atoms with Crippen LogP contribution < -0.4 is 16.2 Å². The summed E-state index contributed by atoms with van der Waals surface area (Å²) < 4.78 is 5.41. The van der Waals surface area contributed by atoms with Gasteiger partial charge in [-0.3, -0.25) is 9.98 Å². The number of para-hydroxylation sites is 1. The zero-order valence-corrected chi connectivity index (χ0v) is 13.8. The van der Waals surface area contributed by atoms with Crippen LogP contribution in [0.2, 0.25) is 0 Å². The molecule has 0 aliphatic heterocycles. The molecule has 130 valence electrons. The van der Waals surface area contributed by atoms with Crippen molar-refractivity contribution < 1.29 is 14.6 Å². The molecule has 7 heteroatoms. The minimum Gasteiger partial charge on any atom is -0.496 e. The Labute approximate surface area is 141 Å². The Bertz CT molecular complexity index is 622. The van der Waals surface area contributed by atoms with Crippen LogP contribution in [0.25, 0.3) is 0 Å². The zero-order chi connectivity index (χ0) is 17.9. The Morgan fingerprint density at radius 2 is 2.21 bits per heavy atom. The normalized spacial score (nSPS) is 11.9. The van der Waals surface area contributed by atoms with Crippen molar-refractivity contribution in [2.45, 2.75) is 25.3 Å². The Kier molecular flexibility index (Phi) is 8.04. The molecule has 0 aliphatic carbocycles. The van der Waals surface area contributed by atoms with Gasteiger partial charge in [-0.25, -0.2) is 4.79 Å². The molecule has 0 spiro atoms. The lowest BCUT2D eigenvalue weighted by atomic mass is 10.1. The molecule has 1 aromatic rings. The van der Waals surface area contributed by atoms with Crippen LogP contribution in [0.3, 0.4) is 0 Å². The van der Waals surface area contributed by atoms with Crippen molar-refractivity contribution in [3.05, 3.63) is 42.0 Å². The van der Waals surface area contributed by atoms with Crippen molar-refractivity contribution in [2.75, 3.05) is 13.7 Å². The molecule has 0 saturated heterocycles. The Morgan fingerprint density at radius 3 is 2.79 bits per heavy atom. The average Bonchev–Trinajstić information content (AvgIpc) is 2.54. The van der Waals surface area contributed by atoms with Gasteiger partial charge in [-0.05, 0) is 30.9 Å². The number of allylic oxidation sites excluding steroid dienone is 1. The highest BCUT2D eigenvalue weighted by molar-refractivity contribution is 5.86. The first-order chi connectivity index (χ1) is 11.5. The van der Waals surface area contributed by atoms with E-state index in [1.807, 2.05) is 18.2 Å².